The number of hydrogen-bond acceptors (Lipinski definition) is 5. The average molecular weight is 229 g/mol. The van der Waals surface area contributed by atoms with Crippen molar-refractivity contribution < 1.29 is 10.2 Å². The summed E-state index contributed by atoms with van der Waals surface area (Å²) in [7, 11) is 0. The summed E-state index contributed by atoms with van der Waals surface area (Å²) in [4.78, 5) is 0. The molecule has 5 nitrogen and oxygen atoms in total. The first kappa shape index (κ1) is 10.9. The lowest BCUT2D eigenvalue weighted by molar-refractivity contribution is 0.475. The summed E-state index contributed by atoms with van der Waals surface area (Å²) in [6.07, 6.45) is 0. The number of aromatic hydroxyl groups is 2. The summed E-state index contributed by atoms with van der Waals surface area (Å²) in [6.45, 7) is 0. The van der Waals surface area contributed by atoms with Crippen LogP contribution in [0.3, 0.4) is 0 Å². The molecule has 0 fully saturated rings. The fourth-order valence-electron chi connectivity index (χ4n) is 1.26. The molecule has 0 amide bonds. The SMILES string of the molecule is Nc1ccc(/N=N/c2ccc(O)cc2)c(O)c1. The van der Waals surface area contributed by atoms with E-state index in [9.17, 15) is 5.11 Å². The molecule has 86 valence electrons. The first-order valence-electron chi connectivity index (χ1n) is 4.94. The Bertz CT molecular complexity index is 550. The van der Waals surface area contributed by atoms with Crippen molar-refractivity contribution in [2.24, 2.45) is 10.2 Å². The van der Waals surface area contributed by atoms with Crippen molar-refractivity contribution >= 4 is 17.1 Å². The van der Waals surface area contributed by atoms with E-state index in [2.05, 4.69) is 10.2 Å². The van der Waals surface area contributed by atoms with Crippen LogP contribution in [0, 0.1) is 0 Å². The Kier molecular flexibility index (Phi) is 2.91. The van der Waals surface area contributed by atoms with Gasteiger partial charge in [0.05, 0.1) is 5.69 Å². The van der Waals surface area contributed by atoms with E-state index < -0.39 is 0 Å². The van der Waals surface area contributed by atoms with Gasteiger partial charge in [0.2, 0.25) is 0 Å². The Labute approximate surface area is 97.9 Å². The van der Waals surface area contributed by atoms with E-state index in [0.29, 0.717) is 17.1 Å². The molecule has 2 aromatic rings. The molecular weight excluding hydrogens is 218 g/mol. The number of benzene rings is 2. The molecule has 2 rings (SSSR count). The van der Waals surface area contributed by atoms with Gasteiger partial charge in [0.15, 0.2) is 0 Å². The normalized spacial score (nSPS) is 10.8. The molecule has 0 aliphatic heterocycles. The average Bonchev–Trinajstić information content (AvgIpc) is 2.30. The minimum Gasteiger partial charge on any atom is -0.508 e. The third-order valence-corrected chi connectivity index (χ3v) is 2.12. The molecule has 0 saturated carbocycles. The summed E-state index contributed by atoms with van der Waals surface area (Å²) < 4.78 is 0. The van der Waals surface area contributed by atoms with Crippen LogP contribution in [-0.4, -0.2) is 10.2 Å². The summed E-state index contributed by atoms with van der Waals surface area (Å²) >= 11 is 0. The first-order valence-corrected chi connectivity index (χ1v) is 4.94. The van der Waals surface area contributed by atoms with Crippen LogP contribution in [0.5, 0.6) is 11.5 Å². The Morgan fingerprint density at radius 3 is 2.24 bits per heavy atom. The van der Waals surface area contributed by atoms with Gasteiger partial charge >= 0.3 is 0 Å². The summed E-state index contributed by atoms with van der Waals surface area (Å²) in [5.41, 5.74) is 6.88. The van der Waals surface area contributed by atoms with E-state index in [0.717, 1.165) is 0 Å². The van der Waals surface area contributed by atoms with E-state index in [-0.39, 0.29) is 11.5 Å². The highest BCUT2D eigenvalue weighted by atomic mass is 16.3. The number of azo groups is 1. The molecule has 0 aromatic heterocycles. The molecule has 17 heavy (non-hydrogen) atoms. The maximum absolute atomic E-state index is 9.54. The Hall–Kier alpha value is -2.56. The van der Waals surface area contributed by atoms with E-state index in [4.69, 9.17) is 10.8 Å². The first-order chi connectivity index (χ1) is 8.15. The third kappa shape index (κ3) is 2.72. The second-order valence-electron chi connectivity index (χ2n) is 3.46. The van der Waals surface area contributed by atoms with Crippen LogP contribution in [-0.2, 0) is 0 Å². The van der Waals surface area contributed by atoms with Crippen molar-refractivity contribution in [3.05, 3.63) is 42.5 Å². The summed E-state index contributed by atoms with van der Waals surface area (Å²) in [5, 5.41) is 26.4. The molecule has 0 radical (unpaired) electrons. The van der Waals surface area contributed by atoms with Crippen LogP contribution >= 0.6 is 0 Å². The maximum Gasteiger partial charge on any atom is 0.145 e. The monoisotopic (exact) mass is 229 g/mol. The van der Waals surface area contributed by atoms with Crippen LogP contribution in [0.4, 0.5) is 17.1 Å². The zero-order chi connectivity index (χ0) is 12.3. The van der Waals surface area contributed by atoms with Gasteiger partial charge in [0, 0.05) is 11.8 Å². The Morgan fingerprint density at radius 2 is 1.59 bits per heavy atom. The number of nitrogens with two attached hydrogens (primary N) is 1. The van der Waals surface area contributed by atoms with Crippen LogP contribution in [0.15, 0.2) is 52.7 Å². The summed E-state index contributed by atoms with van der Waals surface area (Å²) in [5.74, 6) is 0.145. The highest BCUT2D eigenvalue weighted by molar-refractivity contribution is 5.58. The van der Waals surface area contributed by atoms with Gasteiger partial charge < -0.3 is 15.9 Å². The minimum atomic E-state index is -0.0208. The number of phenolic OH excluding ortho intramolecular Hbond substituents is 2. The van der Waals surface area contributed by atoms with E-state index in [1.165, 1.54) is 18.2 Å². The zero-order valence-corrected chi connectivity index (χ0v) is 8.91. The van der Waals surface area contributed by atoms with Crippen LogP contribution in [0.2, 0.25) is 0 Å². The van der Waals surface area contributed by atoms with Crippen LogP contribution in [0.25, 0.3) is 0 Å². The standard InChI is InChI=1S/C12H11N3O2/c13-8-1-6-11(12(17)7-8)15-14-9-2-4-10(16)5-3-9/h1-7,16-17H,13H2/b15-14+. The van der Waals surface area contributed by atoms with Crippen molar-refractivity contribution in [1.29, 1.82) is 0 Å². The smallest absolute Gasteiger partial charge is 0.145 e. The van der Waals surface area contributed by atoms with Crippen molar-refractivity contribution in [2.75, 3.05) is 5.73 Å². The molecule has 0 atom stereocenters. The number of nitrogens with zero attached hydrogens (tertiary/aromatic N) is 2. The molecule has 0 spiro atoms. The molecule has 0 unspecified atom stereocenters. The van der Waals surface area contributed by atoms with Gasteiger partial charge in [-0.15, -0.1) is 5.11 Å². The van der Waals surface area contributed by atoms with Crippen molar-refractivity contribution in [3.8, 4) is 11.5 Å². The number of phenols is 2. The van der Waals surface area contributed by atoms with Gasteiger partial charge in [-0.05, 0) is 36.4 Å². The van der Waals surface area contributed by atoms with Gasteiger partial charge in [0.1, 0.15) is 17.2 Å². The lowest BCUT2D eigenvalue weighted by Gasteiger charge is -1.98. The maximum atomic E-state index is 9.54. The number of hydrogen-bond donors (Lipinski definition) is 3. The zero-order valence-electron chi connectivity index (χ0n) is 8.91. The number of rotatable bonds is 2. The summed E-state index contributed by atoms with van der Waals surface area (Å²) in [6, 6.07) is 10.9. The fraction of sp³-hybridized carbons (Fsp3) is 0. The highest BCUT2D eigenvalue weighted by Crippen LogP contribution is 2.29. The van der Waals surface area contributed by atoms with Crippen LogP contribution < -0.4 is 5.73 Å². The van der Waals surface area contributed by atoms with E-state index in [1.807, 2.05) is 0 Å². The molecule has 2 aromatic carbocycles. The van der Waals surface area contributed by atoms with Crippen molar-refractivity contribution in [2.45, 2.75) is 0 Å². The van der Waals surface area contributed by atoms with Gasteiger partial charge in [-0.2, -0.15) is 5.11 Å². The fourth-order valence-corrected chi connectivity index (χ4v) is 1.26. The molecule has 0 heterocycles. The third-order valence-electron chi connectivity index (χ3n) is 2.12. The second kappa shape index (κ2) is 4.52. The lowest BCUT2D eigenvalue weighted by atomic mass is 10.2. The molecule has 0 bridgehead atoms. The van der Waals surface area contributed by atoms with Gasteiger partial charge in [-0.25, -0.2) is 0 Å². The Morgan fingerprint density at radius 1 is 0.882 bits per heavy atom. The molecule has 0 aliphatic carbocycles. The predicted molar refractivity (Wildman–Crippen MR) is 64.8 cm³/mol. The minimum absolute atomic E-state index is 0.0208. The van der Waals surface area contributed by atoms with E-state index in [1.54, 1.807) is 24.3 Å². The highest BCUT2D eigenvalue weighted by Gasteiger charge is 1.99. The van der Waals surface area contributed by atoms with Crippen molar-refractivity contribution in [3.63, 3.8) is 0 Å². The number of nitrogen functional groups attached to an aromatic ring is 1. The second-order valence-corrected chi connectivity index (χ2v) is 3.46. The molecule has 5 heteroatoms. The molecule has 0 aliphatic rings. The van der Waals surface area contributed by atoms with Crippen molar-refractivity contribution in [1.82, 2.24) is 0 Å². The van der Waals surface area contributed by atoms with Gasteiger partial charge in [0.25, 0.3) is 0 Å². The predicted octanol–water partition coefficient (Wildman–Crippen LogP) is 3.10. The largest absolute Gasteiger partial charge is 0.508 e. The van der Waals surface area contributed by atoms with Crippen LogP contribution in [0.1, 0.15) is 0 Å². The Balaban J connectivity index is 2.23. The topological polar surface area (TPSA) is 91.2 Å². The van der Waals surface area contributed by atoms with Gasteiger partial charge in [-0.3, -0.25) is 0 Å². The molecule has 4 N–H and O–H groups in total. The lowest BCUT2D eigenvalue weighted by Crippen LogP contribution is -1.81. The quantitative estimate of drug-likeness (QED) is 0.545. The molecular formula is C12H11N3O2. The van der Waals surface area contributed by atoms with Gasteiger partial charge in [-0.1, -0.05) is 0 Å². The number of anilines is 1. The molecule has 0 saturated heterocycles. The van der Waals surface area contributed by atoms with E-state index >= 15 is 0 Å².